The Bertz CT molecular complexity index is 394. The Morgan fingerprint density at radius 1 is 1.33 bits per heavy atom. The highest BCUT2D eigenvalue weighted by atomic mass is 32.2. The van der Waals surface area contributed by atoms with E-state index in [0.717, 1.165) is 19.3 Å². The van der Waals surface area contributed by atoms with Crippen molar-refractivity contribution >= 4 is 16.0 Å². The highest BCUT2D eigenvalue weighted by Gasteiger charge is 2.23. The molecule has 15 heavy (non-hydrogen) atoms. The summed E-state index contributed by atoms with van der Waals surface area (Å²) >= 11 is 0. The van der Waals surface area contributed by atoms with Crippen molar-refractivity contribution in [2.75, 3.05) is 17.8 Å². The summed E-state index contributed by atoms with van der Waals surface area (Å²) in [6.07, 6.45) is 4.48. The van der Waals surface area contributed by atoms with Crippen LogP contribution in [0.2, 0.25) is 0 Å². The number of rotatable bonds is 3. The van der Waals surface area contributed by atoms with Crippen LogP contribution in [0.25, 0.3) is 0 Å². The summed E-state index contributed by atoms with van der Waals surface area (Å²) in [6.45, 7) is 1.20. The van der Waals surface area contributed by atoms with E-state index in [4.69, 9.17) is 0 Å². The molecule has 1 aromatic rings. The van der Waals surface area contributed by atoms with E-state index in [1.165, 1.54) is 10.5 Å². The fraction of sp³-hybridized carbons (Fsp3) is 0.625. The number of aromatic nitrogens is 2. The number of hydrogen-bond acceptors (Lipinski definition) is 3. The number of piperidine rings is 1. The van der Waals surface area contributed by atoms with E-state index < -0.39 is 10.2 Å². The fourth-order valence-electron chi connectivity index (χ4n) is 1.62. The summed E-state index contributed by atoms with van der Waals surface area (Å²) in [5.41, 5.74) is 0. The zero-order valence-corrected chi connectivity index (χ0v) is 9.13. The van der Waals surface area contributed by atoms with E-state index in [0.29, 0.717) is 18.9 Å². The Kier molecular flexibility index (Phi) is 2.92. The molecule has 2 rings (SSSR count). The van der Waals surface area contributed by atoms with Gasteiger partial charge in [0.2, 0.25) is 0 Å². The number of nitrogens with one attached hydrogen (secondary N) is 2. The van der Waals surface area contributed by atoms with Gasteiger partial charge in [-0.05, 0) is 12.8 Å². The lowest BCUT2D eigenvalue weighted by molar-refractivity contribution is 0.349. The molecule has 2 N–H and O–H groups in total. The summed E-state index contributed by atoms with van der Waals surface area (Å²) in [4.78, 5) is 0. The molecule has 2 heterocycles. The molecule has 7 heteroatoms. The van der Waals surface area contributed by atoms with Crippen molar-refractivity contribution in [1.82, 2.24) is 14.5 Å². The molecule has 1 aliphatic heterocycles. The third-order valence-electron chi connectivity index (χ3n) is 2.39. The van der Waals surface area contributed by atoms with E-state index in [1.54, 1.807) is 6.07 Å². The summed E-state index contributed by atoms with van der Waals surface area (Å²) in [5.74, 6) is 0.403. The quantitative estimate of drug-likeness (QED) is 0.796. The van der Waals surface area contributed by atoms with Crippen LogP contribution in [0.3, 0.4) is 0 Å². The second-order valence-electron chi connectivity index (χ2n) is 3.54. The average Bonchev–Trinajstić information content (AvgIpc) is 2.71. The Balaban J connectivity index is 2.05. The largest absolute Gasteiger partial charge is 0.302 e. The van der Waals surface area contributed by atoms with Gasteiger partial charge in [-0.2, -0.15) is 17.8 Å². The smallest absolute Gasteiger partial charge is 0.262 e. The van der Waals surface area contributed by atoms with Crippen LogP contribution >= 0.6 is 0 Å². The first-order chi connectivity index (χ1) is 7.18. The van der Waals surface area contributed by atoms with Gasteiger partial charge in [-0.3, -0.25) is 9.82 Å². The first kappa shape index (κ1) is 10.4. The second kappa shape index (κ2) is 4.19. The van der Waals surface area contributed by atoms with Gasteiger partial charge in [-0.15, -0.1) is 0 Å². The Labute approximate surface area is 88.9 Å². The first-order valence-electron chi connectivity index (χ1n) is 4.96. The molecule has 6 nitrogen and oxygen atoms in total. The average molecular weight is 230 g/mol. The van der Waals surface area contributed by atoms with Crippen molar-refractivity contribution in [3.8, 4) is 0 Å². The second-order valence-corrected chi connectivity index (χ2v) is 5.21. The first-order valence-corrected chi connectivity index (χ1v) is 6.40. The van der Waals surface area contributed by atoms with E-state index in [9.17, 15) is 8.42 Å². The Morgan fingerprint density at radius 3 is 2.67 bits per heavy atom. The third-order valence-corrected chi connectivity index (χ3v) is 3.92. The van der Waals surface area contributed by atoms with Gasteiger partial charge in [0, 0.05) is 19.2 Å². The van der Waals surface area contributed by atoms with Gasteiger partial charge >= 0.3 is 10.2 Å². The predicted octanol–water partition coefficient (Wildman–Crippen LogP) is 0.552. The Hall–Kier alpha value is -1.08. The van der Waals surface area contributed by atoms with Gasteiger partial charge in [0.25, 0.3) is 0 Å². The van der Waals surface area contributed by atoms with Crippen molar-refractivity contribution in [1.29, 1.82) is 0 Å². The molecule has 1 aliphatic rings. The van der Waals surface area contributed by atoms with Gasteiger partial charge < -0.3 is 0 Å². The van der Waals surface area contributed by atoms with Gasteiger partial charge in [-0.25, -0.2) is 0 Å². The van der Waals surface area contributed by atoms with Crippen molar-refractivity contribution < 1.29 is 8.42 Å². The SMILES string of the molecule is O=S(=O)(Nc1ccn[nH]1)N1CCCCC1. The van der Waals surface area contributed by atoms with Gasteiger partial charge in [0.1, 0.15) is 5.82 Å². The minimum Gasteiger partial charge on any atom is -0.262 e. The van der Waals surface area contributed by atoms with E-state index in [1.807, 2.05) is 0 Å². The van der Waals surface area contributed by atoms with Crippen LogP contribution in [0, 0.1) is 0 Å². The number of anilines is 1. The van der Waals surface area contributed by atoms with Gasteiger partial charge in [0.15, 0.2) is 0 Å². The maximum absolute atomic E-state index is 11.8. The van der Waals surface area contributed by atoms with E-state index in [2.05, 4.69) is 14.9 Å². The molecule has 0 atom stereocenters. The molecule has 0 radical (unpaired) electrons. The van der Waals surface area contributed by atoms with Crippen LogP contribution in [0.15, 0.2) is 12.3 Å². The third kappa shape index (κ3) is 2.48. The molecule has 0 aliphatic carbocycles. The molecule has 1 fully saturated rings. The lowest BCUT2D eigenvalue weighted by atomic mass is 10.2. The maximum Gasteiger partial charge on any atom is 0.302 e. The highest BCUT2D eigenvalue weighted by Crippen LogP contribution is 2.14. The zero-order valence-electron chi connectivity index (χ0n) is 8.31. The standard InChI is InChI=1S/C8H14N4O2S/c13-15(14,11-8-4-5-9-10-8)12-6-2-1-3-7-12/h4-5H,1-3,6-7H2,(H2,9,10,11). The molecule has 0 unspecified atom stereocenters. The summed E-state index contributed by atoms with van der Waals surface area (Å²) in [6, 6.07) is 1.58. The topological polar surface area (TPSA) is 78.1 Å². The lowest BCUT2D eigenvalue weighted by Gasteiger charge is -2.25. The van der Waals surface area contributed by atoms with Crippen molar-refractivity contribution in [2.45, 2.75) is 19.3 Å². The van der Waals surface area contributed by atoms with Crippen LogP contribution in [0.4, 0.5) is 5.82 Å². The minimum atomic E-state index is -3.39. The molecular weight excluding hydrogens is 216 g/mol. The summed E-state index contributed by atoms with van der Waals surface area (Å²) in [5, 5.41) is 6.25. The molecule has 0 bridgehead atoms. The number of aromatic amines is 1. The molecule has 1 aromatic heterocycles. The number of H-pyrrole nitrogens is 1. The molecular formula is C8H14N4O2S. The van der Waals surface area contributed by atoms with Crippen molar-refractivity contribution in [2.24, 2.45) is 0 Å². The van der Waals surface area contributed by atoms with Gasteiger partial charge in [0.05, 0.1) is 6.20 Å². The summed E-state index contributed by atoms with van der Waals surface area (Å²) < 4.78 is 27.6. The predicted molar refractivity (Wildman–Crippen MR) is 56.6 cm³/mol. The van der Waals surface area contributed by atoms with Crippen LogP contribution in [-0.4, -0.2) is 36.0 Å². The molecule has 0 aromatic carbocycles. The van der Waals surface area contributed by atoms with Crippen LogP contribution in [0.5, 0.6) is 0 Å². The van der Waals surface area contributed by atoms with Gasteiger partial charge in [-0.1, -0.05) is 6.42 Å². The molecule has 0 spiro atoms. The fourth-order valence-corrected chi connectivity index (χ4v) is 2.88. The number of nitrogens with zero attached hydrogens (tertiary/aromatic N) is 2. The highest BCUT2D eigenvalue weighted by molar-refractivity contribution is 7.90. The minimum absolute atomic E-state index is 0.403. The Morgan fingerprint density at radius 2 is 2.07 bits per heavy atom. The maximum atomic E-state index is 11.8. The van der Waals surface area contributed by atoms with Crippen LogP contribution < -0.4 is 4.72 Å². The lowest BCUT2D eigenvalue weighted by Crippen LogP contribution is -2.39. The molecule has 84 valence electrons. The van der Waals surface area contributed by atoms with E-state index in [-0.39, 0.29) is 0 Å². The molecule has 0 saturated carbocycles. The number of hydrogen-bond donors (Lipinski definition) is 2. The van der Waals surface area contributed by atoms with Crippen LogP contribution in [-0.2, 0) is 10.2 Å². The normalized spacial score (nSPS) is 18.9. The molecule has 0 amide bonds. The van der Waals surface area contributed by atoms with Crippen molar-refractivity contribution in [3.63, 3.8) is 0 Å². The summed E-state index contributed by atoms with van der Waals surface area (Å²) in [7, 11) is -3.39. The monoisotopic (exact) mass is 230 g/mol. The zero-order chi connectivity index (χ0) is 10.7. The van der Waals surface area contributed by atoms with E-state index >= 15 is 0 Å². The van der Waals surface area contributed by atoms with Crippen LogP contribution in [0.1, 0.15) is 19.3 Å². The molecule has 1 saturated heterocycles. The van der Waals surface area contributed by atoms with Crippen molar-refractivity contribution in [3.05, 3.63) is 12.3 Å².